The molecule has 0 fully saturated rings. The molecular weight excluding hydrogens is 188 g/mol. The van der Waals surface area contributed by atoms with Gasteiger partial charge in [0, 0.05) is 17.4 Å². The minimum absolute atomic E-state index is 0.561. The van der Waals surface area contributed by atoms with E-state index in [4.69, 9.17) is 11.0 Å². The predicted molar refractivity (Wildman–Crippen MR) is 57.9 cm³/mol. The zero-order valence-electron chi connectivity index (χ0n) is 8.28. The molecule has 0 spiro atoms. The highest BCUT2D eigenvalue weighted by Crippen LogP contribution is 2.24. The second-order valence-corrected chi connectivity index (χ2v) is 3.34. The van der Waals surface area contributed by atoms with Gasteiger partial charge in [-0.2, -0.15) is 10.4 Å². The Morgan fingerprint density at radius 3 is 2.80 bits per heavy atom. The van der Waals surface area contributed by atoms with E-state index in [2.05, 4.69) is 16.3 Å². The van der Waals surface area contributed by atoms with Crippen LogP contribution in [-0.4, -0.2) is 10.2 Å². The van der Waals surface area contributed by atoms with Crippen molar-refractivity contribution in [2.75, 3.05) is 5.73 Å². The van der Waals surface area contributed by atoms with Gasteiger partial charge >= 0.3 is 0 Å². The molecule has 0 bridgehead atoms. The fraction of sp³-hybridized carbons (Fsp3) is 0.0909. The lowest BCUT2D eigenvalue weighted by Gasteiger charge is -2.01. The van der Waals surface area contributed by atoms with Crippen molar-refractivity contribution in [3.8, 4) is 17.2 Å². The average Bonchev–Trinajstić information content (AvgIpc) is 2.63. The lowest BCUT2D eigenvalue weighted by atomic mass is 10.0. The maximum Gasteiger partial charge on any atom is 0.0992 e. The van der Waals surface area contributed by atoms with Crippen molar-refractivity contribution in [2.24, 2.45) is 0 Å². The summed E-state index contributed by atoms with van der Waals surface area (Å²) in [6.07, 6.45) is 1.80. The number of aryl methyl sites for hydroxylation is 1. The number of H-pyrrole nitrogens is 1. The van der Waals surface area contributed by atoms with Gasteiger partial charge in [-0.3, -0.25) is 5.10 Å². The highest BCUT2D eigenvalue weighted by Gasteiger charge is 2.06. The van der Waals surface area contributed by atoms with Gasteiger partial charge in [0.05, 0.1) is 17.3 Å². The Hall–Kier alpha value is -2.28. The van der Waals surface area contributed by atoms with Crippen molar-refractivity contribution >= 4 is 5.69 Å². The Morgan fingerprint density at radius 2 is 2.20 bits per heavy atom. The maximum atomic E-state index is 8.82. The van der Waals surface area contributed by atoms with E-state index in [1.54, 1.807) is 18.3 Å². The summed E-state index contributed by atoms with van der Waals surface area (Å²) in [7, 11) is 0. The molecule has 0 aliphatic heterocycles. The number of benzene rings is 1. The molecule has 0 saturated heterocycles. The molecule has 0 radical (unpaired) electrons. The summed E-state index contributed by atoms with van der Waals surface area (Å²) in [5.41, 5.74) is 9.64. The number of nitrogens with one attached hydrogen (secondary N) is 1. The van der Waals surface area contributed by atoms with Crippen LogP contribution >= 0.6 is 0 Å². The summed E-state index contributed by atoms with van der Waals surface area (Å²) in [6, 6.07) is 7.36. The van der Waals surface area contributed by atoms with Gasteiger partial charge < -0.3 is 5.73 Å². The number of nitrogen functional groups attached to an aromatic ring is 1. The number of nitriles is 1. The van der Waals surface area contributed by atoms with E-state index in [0.29, 0.717) is 11.3 Å². The molecule has 4 heteroatoms. The van der Waals surface area contributed by atoms with Crippen LogP contribution in [0, 0.1) is 18.3 Å². The Kier molecular flexibility index (Phi) is 2.14. The van der Waals surface area contributed by atoms with E-state index in [1.165, 1.54) is 0 Å². The van der Waals surface area contributed by atoms with Crippen LogP contribution in [0.4, 0.5) is 5.69 Å². The minimum Gasteiger partial charge on any atom is -0.399 e. The summed E-state index contributed by atoms with van der Waals surface area (Å²) in [6.45, 7) is 1.90. The fourth-order valence-corrected chi connectivity index (χ4v) is 1.52. The third kappa shape index (κ3) is 1.67. The van der Waals surface area contributed by atoms with Gasteiger partial charge in [-0.15, -0.1) is 0 Å². The molecule has 2 rings (SSSR count). The second kappa shape index (κ2) is 3.46. The van der Waals surface area contributed by atoms with E-state index in [-0.39, 0.29) is 0 Å². The number of aromatic nitrogens is 2. The number of anilines is 1. The number of aromatic amines is 1. The van der Waals surface area contributed by atoms with E-state index in [9.17, 15) is 0 Å². The van der Waals surface area contributed by atoms with Crippen molar-refractivity contribution in [3.63, 3.8) is 0 Å². The number of rotatable bonds is 1. The van der Waals surface area contributed by atoms with Crippen LogP contribution in [-0.2, 0) is 0 Å². The van der Waals surface area contributed by atoms with Crippen LogP contribution in [0.3, 0.4) is 0 Å². The fourth-order valence-electron chi connectivity index (χ4n) is 1.52. The van der Waals surface area contributed by atoms with Gasteiger partial charge in [0.1, 0.15) is 0 Å². The molecule has 0 aliphatic carbocycles. The molecule has 1 aromatic carbocycles. The molecule has 0 amide bonds. The highest BCUT2D eigenvalue weighted by atomic mass is 15.1. The van der Waals surface area contributed by atoms with Crippen molar-refractivity contribution in [3.05, 3.63) is 35.7 Å². The third-order valence-electron chi connectivity index (χ3n) is 2.23. The van der Waals surface area contributed by atoms with E-state index in [0.717, 1.165) is 16.8 Å². The molecule has 15 heavy (non-hydrogen) atoms. The molecular formula is C11H10N4. The summed E-state index contributed by atoms with van der Waals surface area (Å²) >= 11 is 0. The number of hydrogen-bond acceptors (Lipinski definition) is 3. The van der Waals surface area contributed by atoms with Gasteiger partial charge in [0.25, 0.3) is 0 Å². The summed E-state index contributed by atoms with van der Waals surface area (Å²) < 4.78 is 0. The van der Waals surface area contributed by atoms with Crippen molar-refractivity contribution < 1.29 is 0 Å². The average molecular weight is 198 g/mol. The van der Waals surface area contributed by atoms with E-state index < -0.39 is 0 Å². The van der Waals surface area contributed by atoms with Gasteiger partial charge in [-0.05, 0) is 30.7 Å². The molecule has 0 atom stereocenters. The summed E-state index contributed by atoms with van der Waals surface area (Å²) in [4.78, 5) is 0. The molecule has 0 aliphatic rings. The molecule has 0 saturated carbocycles. The molecule has 74 valence electrons. The number of nitrogens with two attached hydrogens (primary N) is 1. The Bertz CT molecular complexity index is 534. The summed E-state index contributed by atoms with van der Waals surface area (Å²) in [5.74, 6) is 0. The van der Waals surface area contributed by atoms with Crippen molar-refractivity contribution in [1.29, 1.82) is 5.26 Å². The van der Waals surface area contributed by atoms with Crippen LogP contribution in [0.5, 0.6) is 0 Å². The first-order valence-electron chi connectivity index (χ1n) is 4.52. The molecule has 2 aromatic rings. The molecule has 1 heterocycles. The second-order valence-electron chi connectivity index (χ2n) is 3.34. The topological polar surface area (TPSA) is 78.5 Å². The standard InChI is InChI=1S/C11H10N4/c1-7-11(6-14-15-7)9-2-8(5-12)3-10(13)4-9/h2-4,6H,13H2,1H3,(H,14,15). The van der Waals surface area contributed by atoms with Gasteiger partial charge in [-0.25, -0.2) is 0 Å². The zero-order valence-corrected chi connectivity index (χ0v) is 8.28. The normalized spacial score (nSPS) is 9.87. The van der Waals surface area contributed by atoms with Crippen LogP contribution in [0.1, 0.15) is 11.3 Å². The van der Waals surface area contributed by atoms with Crippen LogP contribution in [0.25, 0.3) is 11.1 Å². The minimum atomic E-state index is 0.561. The van der Waals surface area contributed by atoms with Gasteiger partial charge in [-0.1, -0.05) is 0 Å². The van der Waals surface area contributed by atoms with Crippen LogP contribution in [0.15, 0.2) is 24.4 Å². The largest absolute Gasteiger partial charge is 0.399 e. The van der Waals surface area contributed by atoms with Crippen LogP contribution in [0.2, 0.25) is 0 Å². The first-order valence-corrected chi connectivity index (χ1v) is 4.52. The Labute approximate surface area is 87.3 Å². The summed E-state index contributed by atoms with van der Waals surface area (Å²) in [5, 5.41) is 15.6. The van der Waals surface area contributed by atoms with Crippen molar-refractivity contribution in [2.45, 2.75) is 6.92 Å². The van der Waals surface area contributed by atoms with Crippen LogP contribution < -0.4 is 5.73 Å². The monoisotopic (exact) mass is 198 g/mol. The molecule has 0 unspecified atom stereocenters. The number of nitrogens with zero attached hydrogens (tertiary/aromatic N) is 2. The number of hydrogen-bond donors (Lipinski definition) is 2. The highest BCUT2D eigenvalue weighted by molar-refractivity contribution is 5.70. The zero-order chi connectivity index (χ0) is 10.8. The Balaban J connectivity index is 2.59. The molecule has 3 N–H and O–H groups in total. The SMILES string of the molecule is Cc1n[nH]cc1-c1cc(N)cc(C#N)c1. The quantitative estimate of drug-likeness (QED) is 0.686. The Morgan fingerprint density at radius 1 is 1.40 bits per heavy atom. The predicted octanol–water partition coefficient (Wildman–Crippen LogP) is 1.84. The molecule has 4 nitrogen and oxygen atoms in total. The maximum absolute atomic E-state index is 8.82. The smallest absolute Gasteiger partial charge is 0.0992 e. The van der Waals surface area contributed by atoms with Crippen molar-refractivity contribution in [1.82, 2.24) is 10.2 Å². The lowest BCUT2D eigenvalue weighted by Crippen LogP contribution is -1.88. The van der Waals surface area contributed by atoms with E-state index in [1.807, 2.05) is 13.0 Å². The first-order chi connectivity index (χ1) is 7.20. The van der Waals surface area contributed by atoms with E-state index >= 15 is 0 Å². The third-order valence-corrected chi connectivity index (χ3v) is 2.23. The molecule has 1 aromatic heterocycles. The first kappa shape index (κ1) is 9.28. The lowest BCUT2D eigenvalue weighted by molar-refractivity contribution is 1.05. The van der Waals surface area contributed by atoms with Gasteiger partial charge in [0.15, 0.2) is 0 Å². The van der Waals surface area contributed by atoms with Gasteiger partial charge in [0.2, 0.25) is 0 Å².